The van der Waals surface area contributed by atoms with Crippen LogP contribution in [-0.4, -0.2) is 38.9 Å². The zero-order valence-corrected chi connectivity index (χ0v) is 16.3. The third-order valence-corrected chi connectivity index (χ3v) is 5.01. The van der Waals surface area contributed by atoms with E-state index in [-0.39, 0.29) is 11.7 Å². The number of nitrogens with one attached hydrogen (secondary N) is 1. The summed E-state index contributed by atoms with van der Waals surface area (Å²) in [6.07, 6.45) is 6.93. The van der Waals surface area contributed by atoms with Crippen LogP contribution in [0.5, 0.6) is 0 Å². The Hall–Kier alpha value is -3.09. The van der Waals surface area contributed by atoms with Crippen LogP contribution < -0.4 is 10.2 Å². The minimum absolute atomic E-state index is 0.162. The Morgan fingerprint density at radius 3 is 2.71 bits per heavy atom. The topological polar surface area (TPSA) is 83.9 Å². The predicted octanol–water partition coefficient (Wildman–Crippen LogP) is 2.96. The van der Waals surface area contributed by atoms with Gasteiger partial charge in [0, 0.05) is 37.7 Å². The molecule has 1 N–H and O–H groups in total. The van der Waals surface area contributed by atoms with Gasteiger partial charge in [-0.2, -0.15) is 0 Å². The second-order valence-electron chi connectivity index (χ2n) is 7.24. The Morgan fingerprint density at radius 2 is 1.96 bits per heavy atom. The number of pyridine rings is 2. The van der Waals surface area contributed by atoms with Gasteiger partial charge in [-0.1, -0.05) is 6.07 Å². The fourth-order valence-electron chi connectivity index (χ4n) is 3.66. The van der Waals surface area contributed by atoms with Gasteiger partial charge in [0.2, 0.25) is 5.82 Å². The molecule has 0 unspecified atom stereocenters. The molecule has 3 aromatic rings. The summed E-state index contributed by atoms with van der Waals surface area (Å²) in [6.45, 7) is 6.26. The summed E-state index contributed by atoms with van der Waals surface area (Å²) in [7, 11) is 0. The average Bonchev–Trinajstić information content (AvgIpc) is 2.72. The molecule has 144 valence electrons. The van der Waals surface area contributed by atoms with Crippen molar-refractivity contribution < 1.29 is 4.79 Å². The molecule has 7 heteroatoms. The second-order valence-corrected chi connectivity index (χ2v) is 7.24. The number of nitrogens with zero attached hydrogens (tertiary/aromatic N) is 5. The average molecular weight is 376 g/mol. The van der Waals surface area contributed by atoms with E-state index in [4.69, 9.17) is 0 Å². The van der Waals surface area contributed by atoms with E-state index in [0.29, 0.717) is 12.2 Å². The number of carbonyl (C=O) groups excluding carboxylic acids is 1. The molecular weight excluding hydrogens is 352 g/mol. The third-order valence-electron chi connectivity index (χ3n) is 5.01. The minimum atomic E-state index is -0.301. The molecule has 0 radical (unpaired) electrons. The van der Waals surface area contributed by atoms with E-state index in [0.717, 1.165) is 54.0 Å². The number of fused-ring (bicyclic) bond motifs is 1. The van der Waals surface area contributed by atoms with Gasteiger partial charge in [-0.3, -0.25) is 9.78 Å². The van der Waals surface area contributed by atoms with Gasteiger partial charge in [-0.05, 0) is 56.4 Å². The van der Waals surface area contributed by atoms with Crippen molar-refractivity contribution in [2.24, 2.45) is 0 Å². The van der Waals surface area contributed by atoms with Crippen molar-refractivity contribution in [2.45, 2.75) is 39.7 Å². The lowest BCUT2D eigenvalue weighted by molar-refractivity contribution is 0.0941. The fraction of sp³-hybridized carbons (Fsp3) is 0.381. The maximum absolute atomic E-state index is 12.8. The van der Waals surface area contributed by atoms with Gasteiger partial charge in [0.25, 0.3) is 5.91 Å². The van der Waals surface area contributed by atoms with Gasteiger partial charge < -0.3 is 10.2 Å². The summed E-state index contributed by atoms with van der Waals surface area (Å²) in [6, 6.07) is 5.81. The van der Waals surface area contributed by atoms with Gasteiger partial charge in [0.05, 0.1) is 5.39 Å². The number of carbonyl (C=O) groups is 1. The molecule has 0 saturated carbocycles. The number of amides is 1. The first-order chi connectivity index (χ1) is 13.6. The van der Waals surface area contributed by atoms with Crippen LogP contribution in [0.25, 0.3) is 11.0 Å². The van der Waals surface area contributed by atoms with Crippen molar-refractivity contribution in [3.8, 4) is 0 Å². The second kappa shape index (κ2) is 7.88. The van der Waals surface area contributed by atoms with E-state index < -0.39 is 0 Å². The Bertz CT molecular complexity index is 999. The first kappa shape index (κ1) is 18.3. The van der Waals surface area contributed by atoms with Crippen LogP contribution in [0.2, 0.25) is 0 Å². The summed E-state index contributed by atoms with van der Waals surface area (Å²) < 4.78 is 0. The van der Waals surface area contributed by atoms with Crippen LogP contribution >= 0.6 is 0 Å². The molecule has 1 fully saturated rings. The molecule has 0 bridgehead atoms. The molecule has 4 heterocycles. The monoisotopic (exact) mass is 376 g/mol. The number of piperidine rings is 1. The Balaban J connectivity index is 1.70. The van der Waals surface area contributed by atoms with Crippen molar-refractivity contribution >= 4 is 22.8 Å². The van der Waals surface area contributed by atoms with Crippen molar-refractivity contribution in [1.29, 1.82) is 0 Å². The molecule has 3 aromatic heterocycles. The van der Waals surface area contributed by atoms with E-state index in [1.165, 1.54) is 6.42 Å². The lowest BCUT2D eigenvalue weighted by Crippen LogP contribution is -2.32. The van der Waals surface area contributed by atoms with E-state index in [2.05, 4.69) is 37.1 Å². The van der Waals surface area contributed by atoms with Crippen LogP contribution in [0.15, 0.2) is 30.6 Å². The van der Waals surface area contributed by atoms with Gasteiger partial charge in [0.1, 0.15) is 5.82 Å². The molecule has 4 rings (SSSR count). The molecule has 7 nitrogen and oxygen atoms in total. The number of anilines is 1. The number of aryl methyl sites for hydroxylation is 2. The smallest absolute Gasteiger partial charge is 0.289 e. The van der Waals surface area contributed by atoms with Crippen LogP contribution in [0.4, 0.5) is 5.82 Å². The first-order valence-corrected chi connectivity index (χ1v) is 9.70. The predicted molar refractivity (Wildman–Crippen MR) is 108 cm³/mol. The van der Waals surface area contributed by atoms with Crippen molar-refractivity contribution in [2.75, 3.05) is 18.0 Å². The maximum atomic E-state index is 12.8. The van der Waals surface area contributed by atoms with Crippen molar-refractivity contribution in [3.05, 3.63) is 53.2 Å². The number of hydrogen-bond acceptors (Lipinski definition) is 6. The fourth-order valence-corrected chi connectivity index (χ4v) is 3.66. The minimum Gasteiger partial charge on any atom is -0.356 e. The van der Waals surface area contributed by atoms with E-state index in [9.17, 15) is 4.79 Å². The highest BCUT2D eigenvalue weighted by molar-refractivity contribution is 5.96. The molecule has 1 aliphatic heterocycles. The summed E-state index contributed by atoms with van der Waals surface area (Å²) >= 11 is 0. The normalized spacial score (nSPS) is 14.3. The van der Waals surface area contributed by atoms with E-state index in [1.54, 1.807) is 12.4 Å². The zero-order valence-electron chi connectivity index (χ0n) is 16.3. The summed E-state index contributed by atoms with van der Waals surface area (Å²) in [5.41, 5.74) is 3.48. The van der Waals surface area contributed by atoms with Gasteiger partial charge in [-0.25, -0.2) is 15.0 Å². The molecule has 1 aliphatic rings. The molecule has 1 saturated heterocycles. The highest BCUT2D eigenvalue weighted by Crippen LogP contribution is 2.28. The SMILES string of the molecule is Cc1cc(C)c2c(N3CCCCC3)nc(C(=O)NCc3cccnc3)nc2n1. The third kappa shape index (κ3) is 3.78. The number of hydrogen-bond donors (Lipinski definition) is 1. The van der Waals surface area contributed by atoms with E-state index >= 15 is 0 Å². The van der Waals surface area contributed by atoms with E-state index in [1.807, 2.05) is 25.1 Å². The quantitative estimate of drug-likeness (QED) is 0.754. The molecule has 0 atom stereocenters. The standard InChI is InChI=1S/C21H24N6O/c1-14-11-15(2)24-18-17(14)20(27-9-4-3-5-10-27)26-19(25-18)21(28)23-13-16-7-6-8-22-12-16/h6-8,11-12H,3-5,9-10,13H2,1-2H3,(H,23,28). The van der Waals surface area contributed by atoms with Crippen LogP contribution in [0.3, 0.4) is 0 Å². The Morgan fingerprint density at radius 1 is 1.14 bits per heavy atom. The highest BCUT2D eigenvalue weighted by atomic mass is 16.2. The first-order valence-electron chi connectivity index (χ1n) is 9.70. The largest absolute Gasteiger partial charge is 0.356 e. The zero-order chi connectivity index (χ0) is 19.5. The molecule has 28 heavy (non-hydrogen) atoms. The Labute approximate surface area is 164 Å². The number of rotatable bonds is 4. The summed E-state index contributed by atoms with van der Waals surface area (Å²) in [5.74, 6) is 0.681. The molecule has 0 aromatic carbocycles. The van der Waals surface area contributed by atoms with Gasteiger partial charge in [-0.15, -0.1) is 0 Å². The maximum Gasteiger partial charge on any atom is 0.289 e. The molecule has 0 aliphatic carbocycles. The molecule has 1 amide bonds. The van der Waals surface area contributed by atoms with Gasteiger partial charge in [0.15, 0.2) is 5.65 Å². The molecule has 0 spiro atoms. The summed E-state index contributed by atoms with van der Waals surface area (Å²) in [4.78, 5) is 32.8. The van der Waals surface area contributed by atoms with Crippen molar-refractivity contribution in [1.82, 2.24) is 25.3 Å². The summed E-state index contributed by atoms with van der Waals surface area (Å²) in [5, 5.41) is 3.83. The lowest BCUT2D eigenvalue weighted by atomic mass is 10.1. The van der Waals surface area contributed by atoms with Gasteiger partial charge >= 0.3 is 0 Å². The molecular formula is C21H24N6O. The van der Waals surface area contributed by atoms with Crippen LogP contribution in [0.1, 0.15) is 46.7 Å². The lowest BCUT2D eigenvalue weighted by Gasteiger charge is -2.29. The Kier molecular flexibility index (Phi) is 5.14. The highest BCUT2D eigenvalue weighted by Gasteiger charge is 2.21. The van der Waals surface area contributed by atoms with Crippen molar-refractivity contribution in [3.63, 3.8) is 0 Å². The van der Waals surface area contributed by atoms with Crippen LogP contribution in [-0.2, 0) is 6.54 Å². The number of aromatic nitrogens is 4. The van der Waals surface area contributed by atoms with Crippen LogP contribution in [0, 0.1) is 13.8 Å².